The number of amides is 1. The zero-order chi connectivity index (χ0) is 16.2. The molecule has 1 saturated heterocycles. The number of carbonyl (C=O) groups is 1. The van der Waals surface area contributed by atoms with E-state index < -0.39 is 0 Å². The molecule has 0 aliphatic carbocycles. The Kier molecular flexibility index (Phi) is 6.40. The number of nitrogens with one attached hydrogen (secondary N) is 2. The molecule has 2 N–H and O–H groups in total. The Labute approximate surface area is 149 Å². The van der Waals surface area contributed by atoms with Crippen molar-refractivity contribution in [2.45, 2.75) is 25.8 Å². The van der Waals surface area contributed by atoms with E-state index in [2.05, 4.69) is 34.8 Å². The molecule has 0 saturated carbocycles. The van der Waals surface area contributed by atoms with Crippen LogP contribution in [-0.4, -0.2) is 28.8 Å². The van der Waals surface area contributed by atoms with Crippen LogP contribution in [0.2, 0.25) is 0 Å². The minimum absolute atomic E-state index is 0. The fourth-order valence-electron chi connectivity index (χ4n) is 3.32. The predicted molar refractivity (Wildman–Crippen MR) is 97.2 cm³/mol. The molecule has 1 aromatic carbocycles. The Morgan fingerprint density at radius 1 is 1.33 bits per heavy atom. The number of aryl methyl sites for hydroxylation is 2. The molecule has 5 nitrogen and oxygen atoms in total. The summed E-state index contributed by atoms with van der Waals surface area (Å²) >= 11 is 0. The highest BCUT2D eigenvalue weighted by Crippen LogP contribution is 2.28. The van der Waals surface area contributed by atoms with Crippen LogP contribution in [0.3, 0.4) is 0 Å². The zero-order valence-electron chi connectivity index (χ0n) is 14.2. The van der Waals surface area contributed by atoms with Crippen LogP contribution in [0.25, 0.3) is 0 Å². The molecule has 0 bridgehead atoms. The molecule has 0 spiro atoms. The van der Waals surface area contributed by atoms with E-state index in [1.165, 1.54) is 11.1 Å². The van der Waals surface area contributed by atoms with Gasteiger partial charge in [-0.2, -0.15) is 5.10 Å². The van der Waals surface area contributed by atoms with Gasteiger partial charge >= 0.3 is 0 Å². The van der Waals surface area contributed by atoms with E-state index in [0.29, 0.717) is 6.54 Å². The van der Waals surface area contributed by atoms with Crippen molar-refractivity contribution >= 4 is 18.3 Å². The first-order valence-electron chi connectivity index (χ1n) is 8.22. The summed E-state index contributed by atoms with van der Waals surface area (Å²) in [4.78, 5) is 12.6. The zero-order valence-corrected chi connectivity index (χ0v) is 15.0. The van der Waals surface area contributed by atoms with Crippen LogP contribution in [0.1, 0.15) is 29.5 Å². The Morgan fingerprint density at radius 3 is 2.75 bits per heavy atom. The standard InChI is InChI=1S/C18H24N4O.ClH/c1-3-13-6-4-5-7-14(13)8-20-18(23)17-11-19-10-16(17)15-9-21-22(2)12-15;/h4-7,9,12,16-17,19H,3,8,10-11H2,1-2H3,(H,20,23);1H/t16-,17+;/m1./s1. The third-order valence-corrected chi connectivity index (χ3v) is 4.66. The molecule has 2 atom stereocenters. The van der Waals surface area contributed by atoms with Crippen LogP contribution < -0.4 is 10.6 Å². The predicted octanol–water partition coefficient (Wildman–Crippen LogP) is 2.02. The van der Waals surface area contributed by atoms with Crippen LogP contribution in [0, 0.1) is 5.92 Å². The quantitative estimate of drug-likeness (QED) is 0.869. The topological polar surface area (TPSA) is 59.0 Å². The van der Waals surface area contributed by atoms with Gasteiger partial charge in [-0.1, -0.05) is 31.2 Å². The molecule has 1 aromatic heterocycles. The highest BCUT2D eigenvalue weighted by atomic mass is 35.5. The molecule has 1 amide bonds. The lowest BCUT2D eigenvalue weighted by Gasteiger charge is -2.17. The Hall–Kier alpha value is -1.85. The molecule has 3 rings (SSSR count). The maximum Gasteiger partial charge on any atom is 0.225 e. The van der Waals surface area contributed by atoms with E-state index in [1.54, 1.807) is 4.68 Å². The Balaban J connectivity index is 0.00000208. The third kappa shape index (κ3) is 3.97. The molecule has 0 radical (unpaired) electrons. The van der Waals surface area contributed by atoms with Crippen molar-refractivity contribution in [2.75, 3.05) is 13.1 Å². The minimum atomic E-state index is -0.0343. The van der Waals surface area contributed by atoms with Crippen molar-refractivity contribution in [3.63, 3.8) is 0 Å². The number of rotatable bonds is 5. The number of aromatic nitrogens is 2. The lowest BCUT2D eigenvalue weighted by Crippen LogP contribution is -2.34. The molecular formula is C18H25ClN4O. The van der Waals surface area contributed by atoms with Gasteiger partial charge in [0.2, 0.25) is 5.91 Å². The van der Waals surface area contributed by atoms with Gasteiger partial charge in [-0.25, -0.2) is 0 Å². The van der Waals surface area contributed by atoms with Crippen LogP contribution in [0.5, 0.6) is 0 Å². The fourth-order valence-corrected chi connectivity index (χ4v) is 3.32. The van der Waals surface area contributed by atoms with Gasteiger partial charge in [-0.05, 0) is 23.1 Å². The highest BCUT2D eigenvalue weighted by Gasteiger charge is 2.34. The van der Waals surface area contributed by atoms with E-state index in [-0.39, 0.29) is 30.2 Å². The molecule has 24 heavy (non-hydrogen) atoms. The van der Waals surface area contributed by atoms with Gasteiger partial charge in [0, 0.05) is 38.8 Å². The molecule has 2 aromatic rings. The third-order valence-electron chi connectivity index (χ3n) is 4.66. The molecule has 2 heterocycles. The number of hydrogen-bond acceptors (Lipinski definition) is 3. The lowest BCUT2D eigenvalue weighted by atomic mass is 9.90. The van der Waals surface area contributed by atoms with Gasteiger partial charge in [-0.15, -0.1) is 12.4 Å². The van der Waals surface area contributed by atoms with Gasteiger partial charge in [0.1, 0.15) is 0 Å². The molecule has 6 heteroatoms. The average molecular weight is 349 g/mol. The van der Waals surface area contributed by atoms with Gasteiger partial charge in [0.15, 0.2) is 0 Å². The summed E-state index contributed by atoms with van der Waals surface area (Å²) < 4.78 is 1.79. The average Bonchev–Trinajstić information content (AvgIpc) is 3.21. The first-order chi connectivity index (χ1) is 11.2. The lowest BCUT2D eigenvalue weighted by molar-refractivity contribution is -0.125. The van der Waals surface area contributed by atoms with Gasteiger partial charge < -0.3 is 10.6 Å². The Morgan fingerprint density at radius 2 is 2.08 bits per heavy atom. The van der Waals surface area contributed by atoms with Crippen molar-refractivity contribution in [3.8, 4) is 0 Å². The monoisotopic (exact) mass is 348 g/mol. The highest BCUT2D eigenvalue weighted by molar-refractivity contribution is 5.85. The summed E-state index contributed by atoms with van der Waals surface area (Å²) in [6, 6.07) is 8.28. The van der Waals surface area contributed by atoms with Gasteiger partial charge in [-0.3, -0.25) is 9.48 Å². The number of carbonyl (C=O) groups excluding carboxylic acids is 1. The number of hydrogen-bond donors (Lipinski definition) is 2. The van der Waals surface area contributed by atoms with Crippen LogP contribution in [-0.2, 0) is 24.8 Å². The largest absolute Gasteiger partial charge is 0.352 e. The number of halogens is 1. The first kappa shape index (κ1) is 18.5. The number of benzene rings is 1. The van der Waals surface area contributed by atoms with E-state index in [0.717, 1.165) is 25.1 Å². The van der Waals surface area contributed by atoms with Crippen molar-refractivity contribution in [2.24, 2.45) is 13.0 Å². The normalized spacial score (nSPS) is 19.8. The van der Waals surface area contributed by atoms with Crippen LogP contribution in [0.4, 0.5) is 0 Å². The second kappa shape index (κ2) is 8.31. The second-order valence-electron chi connectivity index (χ2n) is 6.16. The molecule has 1 aliphatic rings. The first-order valence-corrected chi connectivity index (χ1v) is 8.22. The molecule has 1 aliphatic heterocycles. The van der Waals surface area contributed by atoms with Gasteiger partial charge in [0.05, 0.1) is 12.1 Å². The van der Waals surface area contributed by atoms with E-state index in [4.69, 9.17) is 0 Å². The van der Waals surface area contributed by atoms with Crippen molar-refractivity contribution < 1.29 is 4.79 Å². The maximum absolute atomic E-state index is 12.6. The molecule has 0 unspecified atom stereocenters. The van der Waals surface area contributed by atoms with E-state index in [1.807, 2.05) is 31.6 Å². The summed E-state index contributed by atoms with van der Waals surface area (Å²) in [5.74, 6) is 0.285. The number of nitrogens with zero attached hydrogens (tertiary/aromatic N) is 2. The SMILES string of the molecule is CCc1ccccc1CNC(=O)[C@H]1CNC[C@@H]1c1cnn(C)c1.Cl. The molecule has 130 valence electrons. The van der Waals surface area contributed by atoms with Crippen molar-refractivity contribution in [1.29, 1.82) is 0 Å². The van der Waals surface area contributed by atoms with E-state index in [9.17, 15) is 4.79 Å². The van der Waals surface area contributed by atoms with E-state index >= 15 is 0 Å². The maximum atomic E-state index is 12.6. The minimum Gasteiger partial charge on any atom is -0.352 e. The smallest absolute Gasteiger partial charge is 0.225 e. The Bertz CT molecular complexity index is 685. The summed E-state index contributed by atoms with van der Waals surface area (Å²) in [5.41, 5.74) is 3.62. The second-order valence-corrected chi connectivity index (χ2v) is 6.16. The van der Waals surface area contributed by atoms with Crippen LogP contribution in [0.15, 0.2) is 36.7 Å². The summed E-state index contributed by atoms with van der Waals surface area (Å²) in [7, 11) is 1.91. The fraction of sp³-hybridized carbons (Fsp3) is 0.444. The van der Waals surface area contributed by atoms with Crippen molar-refractivity contribution in [3.05, 3.63) is 53.3 Å². The molecule has 1 fully saturated rings. The molecular weight excluding hydrogens is 324 g/mol. The summed E-state index contributed by atoms with van der Waals surface area (Å²) in [5, 5.41) is 10.7. The summed E-state index contributed by atoms with van der Waals surface area (Å²) in [6.07, 6.45) is 4.85. The van der Waals surface area contributed by atoms with Crippen molar-refractivity contribution in [1.82, 2.24) is 20.4 Å². The van der Waals surface area contributed by atoms with Crippen LogP contribution >= 0.6 is 12.4 Å². The van der Waals surface area contributed by atoms with Gasteiger partial charge in [0.25, 0.3) is 0 Å². The summed E-state index contributed by atoms with van der Waals surface area (Å²) in [6.45, 7) is 4.29.